The summed E-state index contributed by atoms with van der Waals surface area (Å²) < 4.78 is 80.2. The Kier molecular flexibility index (Phi) is 24.0. The molecule has 39 heteroatoms. The summed E-state index contributed by atoms with van der Waals surface area (Å²) in [5.74, 6) is -0.851. The van der Waals surface area contributed by atoms with Crippen LogP contribution in [0.5, 0.6) is 0 Å². The minimum atomic E-state index is -2.30. The molecule has 21 aliphatic rings. The Morgan fingerprint density at radius 1 is 0.341 bits per heavy atom. The zero-order chi connectivity index (χ0) is 61.9. The van der Waals surface area contributed by atoms with Gasteiger partial charge >= 0.3 is 0 Å². The highest BCUT2D eigenvalue weighted by Gasteiger charge is 2.59. The number of aliphatic hydroxyl groups is 20. The van der Waals surface area contributed by atoms with Gasteiger partial charge in [0.15, 0.2) is 50.6 Å². The third-order valence-electron chi connectivity index (χ3n) is 15.4. The predicted molar refractivity (Wildman–Crippen MR) is 255 cm³/mol. The van der Waals surface area contributed by atoms with Gasteiger partial charge in [-0.25, -0.2) is 0 Å². The molecule has 0 aromatic carbocycles. The van der Waals surface area contributed by atoms with Crippen LogP contribution in [-0.2, 0) is 80.7 Å². The van der Waals surface area contributed by atoms with Crippen LogP contribution in [0.25, 0.3) is 0 Å². The van der Waals surface area contributed by atoms with E-state index in [0.717, 1.165) is 0 Å². The van der Waals surface area contributed by atoms with Gasteiger partial charge in [-0.15, -0.1) is 0 Å². The fourth-order valence-corrected chi connectivity index (χ4v) is 10.7. The number of hydrogen-bond acceptors (Lipinski definition) is 38. The van der Waals surface area contributed by atoms with E-state index < -0.39 is 274 Å². The zero-order valence-corrected chi connectivity index (χ0v) is 44.4. The molecule has 21 N–H and O–H groups in total. The van der Waals surface area contributed by atoms with Gasteiger partial charge in [-0.2, -0.15) is 0 Å². The average molecular weight is 1250 g/mol. The van der Waals surface area contributed by atoms with Crippen LogP contribution in [0.15, 0.2) is 5.16 Å². The number of amides is 1. The summed E-state index contributed by atoms with van der Waals surface area (Å²) in [5, 5.41) is 228. The maximum absolute atomic E-state index is 12.1. The predicted octanol–water partition coefficient (Wildman–Crippen LogP) is -15.9. The molecule has 0 unspecified atom stereocenters. The lowest BCUT2D eigenvalue weighted by molar-refractivity contribution is -0.396. The first-order valence-electron chi connectivity index (χ1n) is 26.8. The van der Waals surface area contributed by atoms with Crippen molar-refractivity contribution >= 4 is 18.4 Å². The quantitative estimate of drug-likeness (QED) is 0.0490. The van der Waals surface area contributed by atoms with Crippen LogP contribution in [0.3, 0.4) is 0 Å². The second-order valence-corrected chi connectivity index (χ2v) is 20.9. The summed E-state index contributed by atoms with van der Waals surface area (Å²) in [6.45, 7) is -7.72. The number of rotatable bonds is 12. The molecule has 1 amide bonds. The van der Waals surface area contributed by atoms with Gasteiger partial charge in [0.1, 0.15) is 177 Å². The molecule has 21 rings (SSSR count). The van der Waals surface area contributed by atoms with Gasteiger partial charge in [-0.3, -0.25) is 4.79 Å². The van der Waals surface area contributed by atoms with Crippen LogP contribution < -0.4 is 5.32 Å². The summed E-state index contributed by atoms with van der Waals surface area (Å²) in [6, 6.07) is 0. The van der Waals surface area contributed by atoms with Crippen LogP contribution in [0.4, 0.5) is 0 Å². The normalized spacial score (nSPS) is 51.2. The van der Waals surface area contributed by atoms with Gasteiger partial charge < -0.3 is 183 Å². The van der Waals surface area contributed by atoms with Crippen molar-refractivity contribution in [3.63, 3.8) is 0 Å². The Bertz CT molecular complexity index is 2120. The molecule has 490 valence electrons. The third-order valence-corrected chi connectivity index (χ3v) is 15.4. The number of ether oxygens (including phenoxy) is 14. The Labute approximate surface area is 478 Å². The first-order chi connectivity index (χ1) is 40.5. The Hall–Kier alpha value is -2.75. The highest BCUT2D eigenvalue weighted by Crippen LogP contribution is 2.39. The number of oxime groups is 1. The SMILES string of the molecule is O=CCNC(=O)CO/N=C/[C@@H]1O[C@@H]2O[C@H]3[C@H](O)[C@H](O)[C@@H](O[C@H]4[C@@H](O)[C@H](O)[C@@H](O[C@H]5[C@H](O)[C@@H](O)[C@@H](O[C@H]6[C@H](O)[C@@H](O)[C@@H](O[C@H]7[C@H](O)[C@@H](O)[C@@H](O[C@H]8[C@H](O)[C@@H](O)[C@@H](O[C@H]1[C@H](O)[C@H]2O)O[C@H]8CO)O[C@H]7CO)O[C@H]6CO)O[C@@H]5CO)O[C@@H]4CO)O[C@@H]3CO. The number of carbonyl (C=O) groups is 2. The van der Waals surface area contributed by atoms with E-state index in [4.69, 9.17) is 71.2 Å². The minimum Gasteiger partial charge on any atom is -0.394 e. The number of hydrogen-bond donors (Lipinski definition) is 21. The Balaban J connectivity index is 1.10. The smallest absolute Gasteiger partial charge is 0.261 e. The lowest BCUT2D eigenvalue weighted by Gasteiger charge is -2.50. The zero-order valence-electron chi connectivity index (χ0n) is 44.4. The molecule has 0 spiro atoms. The standard InChI is InChI=1S/C46H74N2O37/c49-2-1-47-18(56)10-71-48-3-11-33-19(57)26(64)40(72-11)80-34-12(4-50)74-42(28(66)21(34)59)82-36-14(6-52)76-44(30(68)23(36)61)84-38-16(8-54)78-46(32(70)25(38)63)85-39-17(9-55)77-45(31(69)24(39)62)83-37-15(7-53)75-43(29(67)22(37)60)81-35-13(5-51)73-41(79-33)27(65)20(35)58/h2-3,11-17,19-46,50-55,57-70H,1,4-10H2,(H,47,56)/b48-3+/t11-,12+,13-,14+,15-,16+,17-,19+,20+,21+,22+,23-,24+,25+,26+,27+,28-,29+,30-,31+,32+,33+,34+,35+,36+,37+,38+,39+,40+,41+,42+,43+,44+,45+,46+/m0/s1. The summed E-state index contributed by atoms with van der Waals surface area (Å²) in [6.07, 6.45) is -71.1. The first kappa shape index (κ1) is 68.2. The van der Waals surface area contributed by atoms with Crippen LogP contribution in [0.1, 0.15) is 0 Å². The summed E-state index contributed by atoms with van der Waals surface area (Å²) in [7, 11) is 0. The third kappa shape index (κ3) is 14.4. The van der Waals surface area contributed by atoms with Crippen molar-refractivity contribution in [2.24, 2.45) is 5.16 Å². The maximum Gasteiger partial charge on any atom is 0.261 e. The molecule has 0 aromatic heterocycles. The molecule has 21 saturated heterocycles. The molecule has 14 bridgehead atoms. The molecule has 21 aliphatic heterocycles. The summed E-state index contributed by atoms with van der Waals surface area (Å²) in [5.41, 5.74) is 0. The van der Waals surface area contributed by atoms with Crippen molar-refractivity contribution in [1.29, 1.82) is 0 Å². The fourth-order valence-electron chi connectivity index (χ4n) is 10.7. The molecule has 21 heterocycles. The number of aldehydes is 1. The van der Waals surface area contributed by atoms with E-state index in [1.807, 2.05) is 0 Å². The monoisotopic (exact) mass is 1250 g/mol. The van der Waals surface area contributed by atoms with Crippen molar-refractivity contribution in [3.05, 3.63) is 0 Å². The number of nitrogens with zero attached hydrogens (tertiary/aromatic N) is 1. The molecular formula is C46H74N2O37. The molecule has 39 nitrogen and oxygen atoms in total. The first-order valence-corrected chi connectivity index (χ1v) is 26.8. The lowest BCUT2D eigenvalue weighted by Crippen LogP contribution is -2.68. The molecule has 85 heavy (non-hydrogen) atoms. The van der Waals surface area contributed by atoms with Crippen LogP contribution in [0.2, 0.25) is 0 Å². The van der Waals surface area contributed by atoms with E-state index in [1.54, 1.807) is 0 Å². The van der Waals surface area contributed by atoms with Crippen molar-refractivity contribution in [2.45, 2.75) is 215 Å². The average Bonchev–Trinajstić information content (AvgIpc) is 1.77. The second kappa shape index (κ2) is 29.9. The van der Waals surface area contributed by atoms with E-state index in [9.17, 15) is 112 Å². The van der Waals surface area contributed by atoms with E-state index >= 15 is 0 Å². The second-order valence-electron chi connectivity index (χ2n) is 20.9. The summed E-state index contributed by atoms with van der Waals surface area (Å²) >= 11 is 0. The van der Waals surface area contributed by atoms with Crippen LogP contribution in [0, 0.1) is 0 Å². The molecule has 0 saturated carbocycles. The highest BCUT2D eigenvalue weighted by molar-refractivity contribution is 5.79. The van der Waals surface area contributed by atoms with Gasteiger partial charge in [0.25, 0.3) is 5.91 Å². The van der Waals surface area contributed by atoms with Gasteiger partial charge in [0.2, 0.25) is 0 Å². The highest BCUT2D eigenvalue weighted by atomic mass is 16.8. The van der Waals surface area contributed by atoms with E-state index in [2.05, 4.69) is 10.5 Å². The topological polar surface area (TPSA) is 602 Å². The Morgan fingerprint density at radius 3 is 0.800 bits per heavy atom. The molecular weight excluding hydrogens is 1170 g/mol. The molecule has 0 radical (unpaired) electrons. The van der Waals surface area contributed by atoms with E-state index in [0.29, 0.717) is 12.5 Å². The minimum absolute atomic E-state index is 0.365. The Morgan fingerprint density at radius 2 is 0.565 bits per heavy atom. The van der Waals surface area contributed by atoms with Gasteiger partial charge in [-0.05, 0) is 0 Å². The van der Waals surface area contributed by atoms with Crippen LogP contribution >= 0.6 is 0 Å². The van der Waals surface area contributed by atoms with Gasteiger partial charge in [0, 0.05) is 0 Å². The van der Waals surface area contributed by atoms with Crippen molar-refractivity contribution < 1.29 is 183 Å². The molecule has 35 atom stereocenters. The van der Waals surface area contributed by atoms with Gasteiger partial charge in [0.05, 0.1) is 52.4 Å². The molecule has 21 fully saturated rings. The molecule has 0 aliphatic carbocycles. The number of carbonyl (C=O) groups excluding carboxylic acids is 2. The van der Waals surface area contributed by atoms with E-state index in [1.165, 1.54) is 0 Å². The largest absolute Gasteiger partial charge is 0.394 e. The van der Waals surface area contributed by atoms with Crippen molar-refractivity contribution in [3.8, 4) is 0 Å². The summed E-state index contributed by atoms with van der Waals surface area (Å²) in [4.78, 5) is 27.8. The number of nitrogens with one attached hydrogen (secondary N) is 1. The fraction of sp³-hybridized carbons (Fsp3) is 0.935. The molecule has 0 aromatic rings. The van der Waals surface area contributed by atoms with E-state index in [-0.39, 0.29) is 0 Å². The van der Waals surface area contributed by atoms with Crippen molar-refractivity contribution in [2.75, 3.05) is 52.8 Å². The number of aliphatic hydroxyl groups excluding tert-OH is 20. The van der Waals surface area contributed by atoms with Crippen LogP contribution in [-0.4, -0.2) is 388 Å². The van der Waals surface area contributed by atoms with Crippen molar-refractivity contribution in [1.82, 2.24) is 5.32 Å². The lowest BCUT2D eigenvalue weighted by atomic mass is 9.95. The van der Waals surface area contributed by atoms with Gasteiger partial charge in [-0.1, -0.05) is 5.16 Å². The maximum atomic E-state index is 12.1.